The molecular weight excluding hydrogens is 242 g/mol. The molecule has 0 spiro atoms. The van der Waals surface area contributed by atoms with Crippen LogP contribution in [0.25, 0.3) is 0 Å². The molecule has 1 aliphatic rings. The van der Waals surface area contributed by atoms with E-state index in [9.17, 15) is 9.59 Å². The molecular formula is C14H27N3O2. The summed E-state index contributed by atoms with van der Waals surface area (Å²) in [7, 11) is 3.44. The molecule has 0 radical (unpaired) electrons. The standard InChI is InChI=1S/C14H27N3O2/c1-5-9-17(10-12(18)16(3)4)14(19)13-11(2)7-6-8-15-13/h11,13,15H,5-10H2,1-4H3. The summed E-state index contributed by atoms with van der Waals surface area (Å²) in [6.07, 6.45) is 3.06. The third-order valence-electron chi connectivity index (χ3n) is 3.67. The van der Waals surface area contributed by atoms with Crippen molar-refractivity contribution in [2.75, 3.05) is 33.7 Å². The Bertz CT molecular complexity index is 318. The minimum Gasteiger partial charge on any atom is -0.347 e. The molecule has 1 aliphatic heterocycles. The molecule has 1 fully saturated rings. The van der Waals surface area contributed by atoms with E-state index in [1.165, 1.54) is 4.90 Å². The van der Waals surface area contributed by atoms with Gasteiger partial charge in [-0.25, -0.2) is 0 Å². The van der Waals surface area contributed by atoms with Gasteiger partial charge in [-0.3, -0.25) is 9.59 Å². The number of likely N-dealkylation sites (N-methyl/N-ethyl adjacent to an activating group) is 1. The number of nitrogens with zero attached hydrogens (tertiary/aromatic N) is 2. The van der Waals surface area contributed by atoms with Crippen LogP contribution in [0.4, 0.5) is 0 Å². The maximum atomic E-state index is 12.5. The Labute approximate surface area is 116 Å². The normalized spacial score (nSPS) is 22.9. The molecule has 0 aromatic heterocycles. The molecule has 2 atom stereocenters. The molecule has 110 valence electrons. The van der Waals surface area contributed by atoms with Crippen molar-refractivity contribution in [3.05, 3.63) is 0 Å². The summed E-state index contributed by atoms with van der Waals surface area (Å²) in [6.45, 7) is 5.85. The summed E-state index contributed by atoms with van der Waals surface area (Å²) in [5.41, 5.74) is 0. The first-order valence-electron chi connectivity index (χ1n) is 7.19. The Hall–Kier alpha value is -1.10. The van der Waals surface area contributed by atoms with Gasteiger partial charge in [-0.15, -0.1) is 0 Å². The zero-order valence-corrected chi connectivity index (χ0v) is 12.6. The number of piperidine rings is 1. The van der Waals surface area contributed by atoms with Crippen molar-refractivity contribution in [3.63, 3.8) is 0 Å². The van der Waals surface area contributed by atoms with E-state index in [2.05, 4.69) is 12.2 Å². The van der Waals surface area contributed by atoms with Crippen LogP contribution in [0.1, 0.15) is 33.1 Å². The van der Waals surface area contributed by atoms with Crippen LogP contribution < -0.4 is 5.32 Å². The van der Waals surface area contributed by atoms with Gasteiger partial charge in [0.15, 0.2) is 0 Å². The minimum atomic E-state index is -0.129. The van der Waals surface area contributed by atoms with Crippen LogP contribution in [0.5, 0.6) is 0 Å². The number of hydrogen-bond acceptors (Lipinski definition) is 3. The molecule has 0 aromatic rings. The molecule has 5 heteroatoms. The summed E-state index contributed by atoms with van der Waals surface area (Å²) in [6, 6.07) is -0.129. The van der Waals surface area contributed by atoms with Gasteiger partial charge in [-0.1, -0.05) is 13.8 Å². The monoisotopic (exact) mass is 269 g/mol. The highest BCUT2D eigenvalue weighted by Crippen LogP contribution is 2.17. The van der Waals surface area contributed by atoms with Gasteiger partial charge in [0.1, 0.15) is 0 Å². The van der Waals surface area contributed by atoms with Crippen molar-refractivity contribution in [2.45, 2.75) is 39.2 Å². The lowest BCUT2D eigenvalue weighted by molar-refractivity contribution is -0.141. The van der Waals surface area contributed by atoms with Crippen molar-refractivity contribution < 1.29 is 9.59 Å². The predicted molar refractivity (Wildman–Crippen MR) is 75.8 cm³/mol. The van der Waals surface area contributed by atoms with Gasteiger partial charge < -0.3 is 15.1 Å². The summed E-state index contributed by atoms with van der Waals surface area (Å²) in [4.78, 5) is 27.6. The van der Waals surface area contributed by atoms with Crippen LogP contribution in [-0.4, -0.2) is 61.4 Å². The Morgan fingerprint density at radius 2 is 2.00 bits per heavy atom. The first-order chi connectivity index (χ1) is 8.97. The second-order valence-corrected chi connectivity index (χ2v) is 5.60. The van der Waals surface area contributed by atoms with E-state index in [0.29, 0.717) is 12.5 Å². The number of hydrogen-bond donors (Lipinski definition) is 1. The van der Waals surface area contributed by atoms with Crippen molar-refractivity contribution in [3.8, 4) is 0 Å². The third-order valence-corrected chi connectivity index (χ3v) is 3.67. The van der Waals surface area contributed by atoms with Gasteiger partial charge in [0.2, 0.25) is 11.8 Å². The van der Waals surface area contributed by atoms with E-state index in [-0.39, 0.29) is 24.4 Å². The fourth-order valence-corrected chi connectivity index (χ4v) is 2.42. The Kier molecular flexibility index (Phi) is 6.28. The number of amides is 2. The molecule has 2 amide bonds. The molecule has 2 unspecified atom stereocenters. The highest BCUT2D eigenvalue weighted by Gasteiger charge is 2.31. The highest BCUT2D eigenvalue weighted by atomic mass is 16.2. The lowest BCUT2D eigenvalue weighted by Crippen LogP contribution is -2.54. The van der Waals surface area contributed by atoms with E-state index in [1.54, 1.807) is 19.0 Å². The lowest BCUT2D eigenvalue weighted by atomic mass is 9.91. The van der Waals surface area contributed by atoms with Crippen molar-refractivity contribution in [2.24, 2.45) is 5.92 Å². The summed E-state index contributed by atoms with van der Waals surface area (Å²) >= 11 is 0. The van der Waals surface area contributed by atoms with Gasteiger partial charge in [-0.05, 0) is 31.7 Å². The van der Waals surface area contributed by atoms with E-state index < -0.39 is 0 Å². The molecule has 0 saturated carbocycles. The van der Waals surface area contributed by atoms with Crippen LogP contribution >= 0.6 is 0 Å². The van der Waals surface area contributed by atoms with E-state index in [4.69, 9.17) is 0 Å². The van der Waals surface area contributed by atoms with Gasteiger partial charge in [-0.2, -0.15) is 0 Å². The molecule has 5 nitrogen and oxygen atoms in total. The molecule has 1 saturated heterocycles. The molecule has 1 rings (SSSR count). The molecule has 19 heavy (non-hydrogen) atoms. The fraction of sp³-hybridized carbons (Fsp3) is 0.857. The smallest absolute Gasteiger partial charge is 0.241 e. The van der Waals surface area contributed by atoms with Gasteiger partial charge in [0.25, 0.3) is 0 Å². The number of carbonyl (C=O) groups is 2. The third kappa shape index (κ3) is 4.49. The van der Waals surface area contributed by atoms with Gasteiger partial charge in [0, 0.05) is 20.6 Å². The van der Waals surface area contributed by atoms with Crippen LogP contribution in [0.2, 0.25) is 0 Å². The van der Waals surface area contributed by atoms with Crippen LogP contribution in [-0.2, 0) is 9.59 Å². The van der Waals surface area contributed by atoms with Crippen LogP contribution in [0.15, 0.2) is 0 Å². The Morgan fingerprint density at radius 3 is 2.53 bits per heavy atom. The summed E-state index contributed by atoms with van der Waals surface area (Å²) in [5.74, 6) is 0.393. The van der Waals surface area contributed by atoms with Gasteiger partial charge >= 0.3 is 0 Å². The second-order valence-electron chi connectivity index (χ2n) is 5.60. The number of nitrogens with one attached hydrogen (secondary N) is 1. The first-order valence-corrected chi connectivity index (χ1v) is 7.19. The summed E-state index contributed by atoms with van der Waals surface area (Å²) < 4.78 is 0. The fourth-order valence-electron chi connectivity index (χ4n) is 2.42. The average molecular weight is 269 g/mol. The van der Waals surface area contributed by atoms with E-state index in [1.807, 2.05) is 6.92 Å². The topological polar surface area (TPSA) is 52.7 Å². The average Bonchev–Trinajstić information content (AvgIpc) is 2.37. The zero-order chi connectivity index (χ0) is 14.4. The number of rotatable bonds is 5. The van der Waals surface area contributed by atoms with Crippen LogP contribution in [0.3, 0.4) is 0 Å². The first kappa shape index (κ1) is 16.0. The molecule has 0 aromatic carbocycles. The Morgan fingerprint density at radius 1 is 1.32 bits per heavy atom. The molecule has 1 N–H and O–H groups in total. The van der Waals surface area contributed by atoms with Crippen molar-refractivity contribution >= 4 is 11.8 Å². The van der Waals surface area contributed by atoms with Crippen molar-refractivity contribution in [1.82, 2.24) is 15.1 Å². The van der Waals surface area contributed by atoms with E-state index in [0.717, 1.165) is 25.8 Å². The number of carbonyl (C=O) groups excluding carboxylic acids is 2. The maximum Gasteiger partial charge on any atom is 0.241 e. The maximum absolute atomic E-state index is 12.5. The molecule has 0 bridgehead atoms. The largest absolute Gasteiger partial charge is 0.347 e. The van der Waals surface area contributed by atoms with Gasteiger partial charge in [0.05, 0.1) is 12.6 Å². The Balaban J connectivity index is 2.68. The second kappa shape index (κ2) is 7.48. The van der Waals surface area contributed by atoms with E-state index >= 15 is 0 Å². The predicted octanol–water partition coefficient (Wildman–Crippen LogP) is 0.701. The molecule has 1 heterocycles. The minimum absolute atomic E-state index is 0.0229. The highest BCUT2D eigenvalue weighted by molar-refractivity contribution is 5.87. The molecule has 0 aliphatic carbocycles. The summed E-state index contributed by atoms with van der Waals surface area (Å²) in [5, 5.41) is 3.29. The SMILES string of the molecule is CCCN(CC(=O)N(C)C)C(=O)C1NCCCC1C. The zero-order valence-electron chi connectivity index (χ0n) is 12.6. The van der Waals surface area contributed by atoms with Crippen molar-refractivity contribution in [1.29, 1.82) is 0 Å². The van der Waals surface area contributed by atoms with Crippen LogP contribution in [0, 0.1) is 5.92 Å². The lowest BCUT2D eigenvalue weighted by Gasteiger charge is -2.34. The quantitative estimate of drug-likeness (QED) is 0.799.